The van der Waals surface area contributed by atoms with Crippen molar-refractivity contribution in [1.29, 1.82) is 0 Å². The molecule has 12 heavy (non-hydrogen) atoms. The molecule has 1 nitrogen and oxygen atoms in total. The van der Waals surface area contributed by atoms with Gasteiger partial charge in [-0.2, -0.15) is 0 Å². The Kier molecular flexibility index (Phi) is 1.82. The number of allylic oxidation sites excluding steroid dienone is 2. The Bertz CT molecular complexity index is 223. The number of carbonyl (C=O) groups excluding carboxylic acids is 1. The zero-order chi connectivity index (χ0) is 8.60. The van der Waals surface area contributed by atoms with E-state index in [9.17, 15) is 4.79 Å². The molecule has 1 atom stereocenters. The topological polar surface area (TPSA) is 17.1 Å². The van der Waals surface area contributed by atoms with E-state index in [4.69, 9.17) is 0 Å². The third kappa shape index (κ3) is 1.12. The summed E-state index contributed by atoms with van der Waals surface area (Å²) in [7, 11) is 0. The third-order valence-electron chi connectivity index (χ3n) is 3.54. The Balaban J connectivity index is 2.08. The Hall–Kier alpha value is -0.590. The molecule has 0 aromatic rings. The molecule has 0 aliphatic heterocycles. The summed E-state index contributed by atoms with van der Waals surface area (Å²) in [5, 5.41) is 0. The molecule has 0 aromatic heterocycles. The first kappa shape index (κ1) is 8.03. The zero-order valence-electron chi connectivity index (χ0n) is 7.68. The van der Waals surface area contributed by atoms with Gasteiger partial charge in [-0.15, -0.1) is 0 Å². The predicted octanol–water partition coefficient (Wildman–Crippen LogP) is 2.71. The van der Waals surface area contributed by atoms with E-state index in [2.05, 4.69) is 12.2 Å². The van der Waals surface area contributed by atoms with Crippen LogP contribution < -0.4 is 0 Å². The summed E-state index contributed by atoms with van der Waals surface area (Å²) in [4.78, 5) is 11.4. The van der Waals surface area contributed by atoms with Gasteiger partial charge in [0.05, 0.1) is 0 Å². The van der Waals surface area contributed by atoms with E-state index in [0.29, 0.717) is 11.7 Å². The number of ketones is 1. The second kappa shape index (κ2) is 2.72. The van der Waals surface area contributed by atoms with Crippen molar-refractivity contribution in [2.45, 2.75) is 39.0 Å². The van der Waals surface area contributed by atoms with Gasteiger partial charge in [0, 0.05) is 5.41 Å². The molecular weight excluding hydrogens is 148 g/mol. The molecule has 0 saturated heterocycles. The highest BCUT2D eigenvalue weighted by Gasteiger charge is 2.52. The van der Waals surface area contributed by atoms with Gasteiger partial charge in [-0.1, -0.05) is 12.2 Å². The van der Waals surface area contributed by atoms with Crippen molar-refractivity contribution < 1.29 is 4.79 Å². The molecule has 1 saturated carbocycles. The minimum atomic E-state index is 0.130. The smallest absolute Gasteiger partial charge is 0.136 e. The predicted molar refractivity (Wildman–Crippen MR) is 48.8 cm³/mol. The van der Waals surface area contributed by atoms with Gasteiger partial charge in [0.1, 0.15) is 5.78 Å². The molecule has 0 amide bonds. The van der Waals surface area contributed by atoms with Gasteiger partial charge in [0.25, 0.3) is 0 Å². The number of hydrogen-bond acceptors (Lipinski definition) is 1. The summed E-state index contributed by atoms with van der Waals surface area (Å²) in [5.74, 6) is 1.10. The molecule has 0 spiro atoms. The second-order valence-electron chi connectivity index (χ2n) is 4.19. The molecular formula is C11H16O. The molecule has 1 unspecified atom stereocenters. The lowest BCUT2D eigenvalue weighted by molar-refractivity contribution is -0.124. The normalized spacial score (nSPS) is 31.6. The Labute approximate surface area is 73.8 Å². The molecule has 0 heterocycles. The van der Waals surface area contributed by atoms with Crippen molar-refractivity contribution in [3.8, 4) is 0 Å². The molecule has 66 valence electrons. The Morgan fingerprint density at radius 1 is 1.42 bits per heavy atom. The SMILES string of the molecule is CC(=O)C1(C2CC=CCC2)CC1. The number of carbonyl (C=O) groups is 1. The van der Waals surface area contributed by atoms with Crippen LogP contribution in [0.25, 0.3) is 0 Å². The molecule has 0 radical (unpaired) electrons. The lowest BCUT2D eigenvalue weighted by Crippen LogP contribution is -2.24. The first-order chi connectivity index (χ1) is 5.76. The number of Topliss-reactive ketones (excluding diaryl/α,β-unsaturated/α-hetero) is 1. The quantitative estimate of drug-likeness (QED) is 0.573. The minimum absolute atomic E-state index is 0.130. The summed E-state index contributed by atoms with van der Waals surface area (Å²) in [6, 6.07) is 0. The second-order valence-corrected chi connectivity index (χ2v) is 4.19. The van der Waals surface area contributed by atoms with E-state index in [0.717, 1.165) is 19.3 Å². The molecule has 1 heteroatoms. The largest absolute Gasteiger partial charge is 0.299 e. The Morgan fingerprint density at radius 2 is 2.17 bits per heavy atom. The van der Waals surface area contributed by atoms with Crippen LogP contribution in [0.1, 0.15) is 39.0 Å². The van der Waals surface area contributed by atoms with Gasteiger partial charge in [0.15, 0.2) is 0 Å². The van der Waals surface area contributed by atoms with Gasteiger partial charge < -0.3 is 0 Å². The Morgan fingerprint density at radius 3 is 2.58 bits per heavy atom. The fourth-order valence-corrected chi connectivity index (χ4v) is 2.48. The van der Waals surface area contributed by atoms with E-state index in [-0.39, 0.29) is 5.41 Å². The van der Waals surface area contributed by atoms with E-state index in [1.54, 1.807) is 6.92 Å². The van der Waals surface area contributed by atoms with Crippen LogP contribution in [-0.2, 0) is 4.79 Å². The molecule has 0 aromatic carbocycles. The maximum absolute atomic E-state index is 11.4. The summed E-state index contributed by atoms with van der Waals surface area (Å²) in [6.45, 7) is 1.77. The van der Waals surface area contributed by atoms with E-state index >= 15 is 0 Å². The fraction of sp³-hybridized carbons (Fsp3) is 0.727. The van der Waals surface area contributed by atoms with Crippen molar-refractivity contribution in [3.05, 3.63) is 12.2 Å². The number of rotatable bonds is 2. The first-order valence-corrected chi connectivity index (χ1v) is 4.92. The summed E-state index contributed by atoms with van der Waals surface area (Å²) in [6.07, 6.45) is 10.3. The molecule has 2 aliphatic carbocycles. The maximum atomic E-state index is 11.4. The lowest BCUT2D eigenvalue weighted by Gasteiger charge is -2.25. The molecule has 0 N–H and O–H groups in total. The highest BCUT2D eigenvalue weighted by atomic mass is 16.1. The monoisotopic (exact) mass is 164 g/mol. The standard InChI is InChI=1S/C11H16O/c1-9(12)11(7-8-11)10-5-3-2-4-6-10/h2-3,10H,4-8H2,1H3. The minimum Gasteiger partial charge on any atom is -0.299 e. The van der Waals surface area contributed by atoms with Crippen molar-refractivity contribution in [2.75, 3.05) is 0 Å². The van der Waals surface area contributed by atoms with Gasteiger partial charge in [0.2, 0.25) is 0 Å². The summed E-state index contributed by atoms with van der Waals surface area (Å²) < 4.78 is 0. The first-order valence-electron chi connectivity index (χ1n) is 4.92. The van der Waals surface area contributed by atoms with Crippen LogP contribution in [0.5, 0.6) is 0 Å². The fourth-order valence-electron chi connectivity index (χ4n) is 2.48. The van der Waals surface area contributed by atoms with Crippen molar-refractivity contribution in [3.63, 3.8) is 0 Å². The van der Waals surface area contributed by atoms with Crippen LogP contribution >= 0.6 is 0 Å². The molecule has 2 aliphatic rings. The van der Waals surface area contributed by atoms with Gasteiger partial charge in [-0.3, -0.25) is 4.79 Å². The van der Waals surface area contributed by atoms with Crippen molar-refractivity contribution >= 4 is 5.78 Å². The van der Waals surface area contributed by atoms with Gasteiger partial charge in [-0.25, -0.2) is 0 Å². The van der Waals surface area contributed by atoms with Gasteiger partial charge >= 0.3 is 0 Å². The van der Waals surface area contributed by atoms with Crippen molar-refractivity contribution in [2.24, 2.45) is 11.3 Å². The average molecular weight is 164 g/mol. The summed E-state index contributed by atoms with van der Waals surface area (Å²) >= 11 is 0. The lowest BCUT2D eigenvalue weighted by atomic mass is 9.78. The van der Waals surface area contributed by atoms with E-state index in [1.807, 2.05) is 0 Å². The highest BCUT2D eigenvalue weighted by Crippen LogP contribution is 2.56. The van der Waals surface area contributed by atoms with E-state index in [1.165, 1.54) is 12.8 Å². The van der Waals surface area contributed by atoms with Gasteiger partial charge in [-0.05, 0) is 44.9 Å². The maximum Gasteiger partial charge on any atom is 0.136 e. The number of hydrogen-bond donors (Lipinski definition) is 0. The molecule has 1 fully saturated rings. The zero-order valence-corrected chi connectivity index (χ0v) is 7.68. The van der Waals surface area contributed by atoms with E-state index < -0.39 is 0 Å². The molecule has 2 rings (SSSR count). The van der Waals surface area contributed by atoms with Crippen LogP contribution in [0.3, 0.4) is 0 Å². The van der Waals surface area contributed by atoms with Crippen LogP contribution in [-0.4, -0.2) is 5.78 Å². The highest BCUT2D eigenvalue weighted by molar-refractivity contribution is 5.85. The van der Waals surface area contributed by atoms with Crippen LogP contribution in [0, 0.1) is 11.3 Å². The van der Waals surface area contributed by atoms with Crippen LogP contribution in [0.4, 0.5) is 0 Å². The summed E-state index contributed by atoms with van der Waals surface area (Å²) in [5.41, 5.74) is 0.130. The molecule has 0 bridgehead atoms. The average Bonchev–Trinajstić information content (AvgIpc) is 2.86. The third-order valence-corrected chi connectivity index (χ3v) is 3.54. The van der Waals surface area contributed by atoms with Crippen molar-refractivity contribution in [1.82, 2.24) is 0 Å². The van der Waals surface area contributed by atoms with Crippen LogP contribution in [0.15, 0.2) is 12.2 Å². The van der Waals surface area contributed by atoms with Crippen LogP contribution in [0.2, 0.25) is 0 Å².